The molecule has 19 heavy (non-hydrogen) atoms. The SMILES string of the molecule is O=C(O)C1(NC(=O)C(F)(F)C(F)(F)F)CCOCC1. The highest BCUT2D eigenvalue weighted by Gasteiger charge is 2.64. The molecule has 0 aromatic rings. The van der Waals surface area contributed by atoms with Crippen LogP contribution < -0.4 is 5.32 Å². The van der Waals surface area contributed by atoms with Crippen LogP contribution in [0.5, 0.6) is 0 Å². The zero-order valence-electron chi connectivity index (χ0n) is 9.39. The summed E-state index contributed by atoms with van der Waals surface area (Å²) in [7, 11) is 0. The van der Waals surface area contributed by atoms with Gasteiger partial charge in [-0.1, -0.05) is 0 Å². The molecule has 1 heterocycles. The van der Waals surface area contributed by atoms with Crippen LogP contribution in [0.4, 0.5) is 22.0 Å². The molecule has 110 valence electrons. The Hall–Kier alpha value is -1.45. The molecule has 1 fully saturated rings. The van der Waals surface area contributed by atoms with E-state index in [1.165, 1.54) is 5.32 Å². The molecule has 0 saturated carbocycles. The van der Waals surface area contributed by atoms with Crippen molar-refractivity contribution in [2.45, 2.75) is 30.5 Å². The summed E-state index contributed by atoms with van der Waals surface area (Å²) in [6.45, 7) is -0.325. The predicted molar refractivity (Wildman–Crippen MR) is 49.6 cm³/mol. The Bertz CT molecular complexity index is 375. The fraction of sp³-hybridized carbons (Fsp3) is 0.778. The third kappa shape index (κ3) is 2.94. The van der Waals surface area contributed by atoms with E-state index in [2.05, 4.69) is 0 Å². The molecule has 0 aliphatic carbocycles. The van der Waals surface area contributed by atoms with Gasteiger partial charge in [0.05, 0.1) is 0 Å². The lowest BCUT2D eigenvalue weighted by atomic mass is 9.89. The number of carbonyl (C=O) groups is 2. The summed E-state index contributed by atoms with van der Waals surface area (Å²) in [4.78, 5) is 22.0. The maximum absolute atomic E-state index is 12.8. The number of aliphatic carboxylic acids is 1. The van der Waals surface area contributed by atoms with Crippen LogP contribution in [0.25, 0.3) is 0 Å². The molecule has 5 nitrogen and oxygen atoms in total. The lowest BCUT2D eigenvalue weighted by molar-refractivity contribution is -0.270. The van der Waals surface area contributed by atoms with Crippen LogP contribution >= 0.6 is 0 Å². The van der Waals surface area contributed by atoms with Crippen LogP contribution in [0.3, 0.4) is 0 Å². The van der Waals surface area contributed by atoms with Gasteiger partial charge in [0.1, 0.15) is 5.54 Å². The van der Waals surface area contributed by atoms with Crippen LogP contribution in [0.15, 0.2) is 0 Å². The number of nitrogens with one attached hydrogen (secondary N) is 1. The highest BCUT2D eigenvalue weighted by Crippen LogP contribution is 2.36. The van der Waals surface area contributed by atoms with Crippen molar-refractivity contribution in [1.82, 2.24) is 5.32 Å². The van der Waals surface area contributed by atoms with E-state index in [1.54, 1.807) is 0 Å². The lowest BCUT2D eigenvalue weighted by Crippen LogP contribution is -2.63. The molecular formula is C9H10F5NO4. The highest BCUT2D eigenvalue weighted by molar-refractivity contribution is 5.91. The third-order valence-electron chi connectivity index (χ3n) is 2.75. The smallest absolute Gasteiger partial charge is 0.463 e. The monoisotopic (exact) mass is 291 g/mol. The number of hydrogen-bond acceptors (Lipinski definition) is 3. The van der Waals surface area contributed by atoms with E-state index < -0.39 is 29.5 Å². The Balaban J connectivity index is 2.92. The van der Waals surface area contributed by atoms with Crippen molar-refractivity contribution in [3.63, 3.8) is 0 Å². The number of ether oxygens (including phenoxy) is 1. The van der Waals surface area contributed by atoms with Crippen LogP contribution in [0.2, 0.25) is 0 Å². The Kier molecular flexibility index (Phi) is 4.03. The van der Waals surface area contributed by atoms with Gasteiger partial charge in [0.2, 0.25) is 0 Å². The minimum atomic E-state index is -6.08. The Morgan fingerprint density at radius 3 is 1.95 bits per heavy atom. The second kappa shape index (κ2) is 4.91. The van der Waals surface area contributed by atoms with Crippen LogP contribution in [0.1, 0.15) is 12.8 Å². The van der Waals surface area contributed by atoms with Crippen molar-refractivity contribution in [2.24, 2.45) is 0 Å². The normalized spacial score (nSPS) is 19.8. The molecule has 2 N–H and O–H groups in total. The first kappa shape index (κ1) is 15.6. The minimum absolute atomic E-state index is 0.163. The Morgan fingerprint density at radius 2 is 1.58 bits per heavy atom. The van der Waals surface area contributed by atoms with Gasteiger partial charge in [0, 0.05) is 26.1 Å². The van der Waals surface area contributed by atoms with E-state index >= 15 is 0 Å². The number of carbonyl (C=O) groups excluding carboxylic acids is 1. The summed E-state index contributed by atoms with van der Waals surface area (Å²) in [5.74, 6) is -10.0. The molecule has 0 atom stereocenters. The molecular weight excluding hydrogens is 281 g/mol. The number of alkyl halides is 5. The molecule has 1 saturated heterocycles. The third-order valence-corrected chi connectivity index (χ3v) is 2.75. The summed E-state index contributed by atoms with van der Waals surface area (Å²) in [5.41, 5.74) is -2.16. The maximum atomic E-state index is 12.8. The molecule has 10 heteroatoms. The number of rotatable bonds is 3. The molecule has 1 aliphatic rings. The summed E-state index contributed by atoms with van der Waals surface area (Å²) in [6.07, 6.45) is -6.86. The van der Waals surface area contributed by atoms with E-state index in [1.807, 2.05) is 0 Å². The Morgan fingerprint density at radius 1 is 1.11 bits per heavy atom. The number of carboxylic acids is 1. The maximum Gasteiger partial charge on any atom is 0.463 e. The van der Waals surface area contributed by atoms with Crippen molar-refractivity contribution in [1.29, 1.82) is 0 Å². The van der Waals surface area contributed by atoms with Gasteiger partial charge in [-0.15, -0.1) is 0 Å². The second-order valence-corrected chi connectivity index (χ2v) is 4.03. The first-order valence-electron chi connectivity index (χ1n) is 5.11. The van der Waals surface area contributed by atoms with Crippen LogP contribution in [0, 0.1) is 0 Å². The largest absolute Gasteiger partial charge is 0.480 e. The van der Waals surface area contributed by atoms with E-state index in [-0.39, 0.29) is 26.1 Å². The fourth-order valence-corrected chi connectivity index (χ4v) is 1.54. The molecule has 0 radical (unpaired) electrons. The topological polar surface area (TPSA) is 75.6 Å². The molecule has 1 aliphatic heterocycles. The number of halogens is 5. The molecule has 0 bridgehead atoms. The van der Waals surface area contributed by atoms with Crippen LogP contribution in [-0.2, 0) is 14.3 Å². The molecule has 0 spiro atoms. The standard InChI is InChI=1S/C9H10F5NO4/c10-8(11,9(12,13)14)5(16)15-7(6(17)18)1-3-19-4-2-7/h1-4H2,(H,15,16)(H,17,18). The molecule has 0 aromatic carbocycles. The summed E-state index contributed by atoms with van der Waals surface area (Å²) < 4.78 is 66.2. The summed E-state index contributed by atoms with van der Waals surface area (Å²) in [6, 6.07) is 0. The summed E-state index contributed by atoms with van der Waals surface area (Å²) in [5, 5.41) is 10.2. The molecule has 0 aromatic heterocycles. The van der Waals surface area contributed by atoms with Gasteiger partial charge in [-0.3, -0.25) is 4.79 Å². The van der Waals surface area contributed by atoms with Crippen molar-refractivity contribution < 1.29 is 41.4 Å². The van der Waals surface area contributed by atoms with E-state index in [0.29, 0.717) is 0 Å². The van der Waals surface area contributed by atoms with Crippen molar-refractivity contribution >= 4 is 11.9 Å². The average molecular weight is 291 g/mol. The average Bonchev–Trinajstić information content (AvgIpc) is 2.28. The first-order valence-corrected chi connectivity index (χ1v) is 5.11. The van der Waals surface area contributed by atoms with Crippen molar-refractivity contribution in [3.8, 4) is 0 Å². The molecule has 1 rings (SSSR count). The van der Waals surface area contributed by atoms with Crippen molar-refractivity contribution in [3.05, 3.63) is 0 Å². The number of hydrogen-bond donors (Lipinski definition) is 2. The van der Waals surface area contributed by atoms with Crippen LogP contribution in [-0.4, -0.2) is 47.8 Å². The first-order chi connectivity index (χ1) is 8.53. The zero-order valence-corrected chi connectivity index (χ0v) is 9.39. The van der Waals surface area contributed by atoms with Gasteiger partial charge < -0.3 is 15.2 Å². The van der Waals surface area contributed by atoms with Crippen molar-refractivity contribution in [2.75, 3.05) is 13.2 Å². The number of amides is 1. The Labute approximate surface area is 103 Å². The van der Waals surface area contributed by atoms with Gasteiger partial charge >= 0.3 is 24.0 Å². The lowest BCUT2D eigenvalue weighted by Gasteiger charge is -2.35. The van der Waals surface area contributed by atoms with Gasteiger partial charge in [-0.05, 0) is 0 Å². The van der Waals surface area contributed by atoms with Gasteiger partial charge in [-0.2, -0.15) is 22.0 Å². The zero-order chi connectivity index (χ0) is 14.9. The van der Waals surface area contributed by atoms with E-state index in [4.69, 9.17) is 9.84 Å². The quantitative estimate of drug-likeness (QED) is 0.759. The summed E-state index contributed by atoms with van der Waals surface area (Å²) >= 11 is 0. The van der Waals surface area contributed by atoms with Gasteiger partial charge in [0.15, 0.2) is 0 Å². The van der Waals surface area contributed by atoms with E-state index in [0.717, 1.165) is 0 Å². The highest BCUT2D eigenvalue weighted by atomic mass is 19.4. The molecule has 0 unspecified atom stereocenters. The minimum Gasteiger partial charge on any atom is -0.480 e. The van der Waals surface area contributed by atoms with Gasteiger partial charge in [0.25, 0.3) is 0 Å². The van der Waals surface area contributed by atoms with E-state index in [9.17, 15) is 31.5 Å². The van der Waals surface area contributed by atoms with Gasteiger partial charge in [-0.25, -0.2) is 4.79 Å². The fourth-order valence-electron chi connectivity index (χ4n) is 1.54. The second-order valence-electron chi connectivity index (χ2n) is 4.03. The predicted octanol–water partition coefficient (Wildman–Crippen LogP) is 0.934. The number of carboxylic acid groups (broad SMARTS) is 1. The molecule has 1 amide bonds.